The van der Waals surface area contributed by atoms with Gasteiger partial charge in [0.1, 0.15) is 0 Å². The normalized spacial score (nSPS) is 15.7. The molecule has 0 spiro atoms. The fraction of sp³-hybridized carbons (Fsp3) is 0.500. The number of aromatic nitrogens is 1. The summed E-state index contributed by atoms with van der Waals surface area (Å²) in [6.45, 7) is 11.6. The van der Waals surface area contributed by atoms with Crippen LogP contribution in [0.3, 0.4) is 0 Å². The number of carbonyl (C=O) groups is 1. The lowest BCUT2D eigenvalue weighted by Gasteiger charge is -2.17. The molecule has 0 atom stereocenters. The molecule has 1 aromatic heterocycles. The highest BCUT2D eigenvalue weighted by atomic mass is 35.5. The molecule has 0 saturated heterocycles. The van der Waals surface area contributed by atoms with E-state index in [1.807, 2.05) is 19.1 Å². The predicted molar refractivity (Wildman–Crippen MR) is 105 cm³/mol. The topological polar surface area (TPSA) is 34.4 Å². The summed E-state index contributed by atoms with van der Waals surface area (Å²) in [6.07, 6.45) is 2.54. The largest absolute Gasteiger partial charge is 0.320 e. The average molecular weight is 377 g/mol. The third-order valence-corrected chi connectivity index (χ3v) is 6.53. The van der Waals surface area contributed by atoms with Crippen molar-refractivity contribution < 1.29 is 4.79 Å². The van der Waals surface area contributed by atoms with E-state index in [0.29, 0.717) is 10.6 Å². The van der Waals surface area contributed by atoms with E-state index in [-0.39, 0.29) is 11.3 Å². The lowest BCUT2D eigenvalue weighted by molar-refractivity contribution is 0.0997. The number of aryl methyl sites for hydroxylation is 1. The fourth-order valence-corrected chi connectivity index (χ4v) is 4.58. The number of benzene rings is 1. The van der Waals surface area contributed by atoms with Crippen LogP contribution in [0.25, 0.3) is 0 Å². The van der Waals surface area contributed by atoms with Crippen molar-refractivity contribution in [2.24, 2.45) is 10.9 Å². The van der Waals surface area contributed by atoms with E-state index in [1.165, 1.54) is 23.4 Å². The van der Waals surface area contributed by atoms with Gasteiger partial charge in [0.05, 0.1) is 10.6 Å². The zero-order valence-electron chi connectivity index (χ0n) is 15.5. The van der Waals surface area contributed by atoms with Crippen LogP contribution >= 0.6 is 22.9 Å². The highest BCUT2D eigenvalue weighted by Crippen LogP contribution is 2.33. The molecule has 3 rings (SSSR count). The van der Waals surface area contributed by atoms with Crippen molar-refractivity contribution in [3.63, 3.8) is 0 Å². The maximum absolute atomic E-state index is 12.8. The number of halogens is 1. The first kappa shape index (κ1) is 18.4. The SMILES string of the molecule is Cc1cccc(Cl)c1C(=O)N=c1sc(C(C)(C)C)c(C)n1CC1CC1. The summed E-state index contributed by atoms with van der Waals surface area (Å²) in [5, 5.41) is 0.465. The van der Waals surface area contributed by atoms with Crippen molar-refractivity contribution in [3.05, 3.63) is 49.7 Å². The Balaban J connectivity index is 2.11. The Bertz CT molecular complexity index is 862. The van der Waals surface area contributed by atoms with Crippen LogP contribution in [-0.4, -0.2) is 10.5 Å². The molecule has 2 aromatic rings. The van der Waals surface area contributed by atoms with Gasteiger partial charge in [0.25, 0.3) is 5.91 Å². The van der Waals surface area contributed by atoms with Crippen molar-refractivity contribution in [2.45, 2.75) is 59.4 Å². The van der Waals surface area contributed by atoms with Gasteiger partial charge < -0.3 is 4.57 Å². The Kier molecular flexibility index (Phi) is 4.95. The van der Waals surface area contributed by atoms with Gasteiger partial charge in [-0.1, -0.05) is 44.5 Å². The molecular weight excluding hydrogens is 352 g/mol. The van der Waals surface area contributed by atoms with Crippen LogP contribution in [0.15, 0.2) is 23.2 Å². The number of nitrogens with zero attached hydrogens (tertiary/aromatic N) is 2. The highest BCUT2D eigenvalue weighted by molar-refractivity contribution is 7.09. The number of carbonyl (C=O) groups excluding carboxylic acids is 1. The zero-order chi connectivity index (χ0) is 18.4. The van der Waals surface area contributed by atoms with Gasteiger partial charge in [0.2, 0.25) is 0 Å². The van der Waals surface area contributed by atoms with Crippen LogP contribution in [0.4, 0.5) is 0 Å². The molecule has 1 amide bonds. The van der Waals surface area contributed by atoms with Gasteiger partial charge in [0, 0.05) is 17.1 Å². The highest BCUT2D eigenvalue weighted by Gasteiger charge is 2.27. The van der Waals surface area contributed by atoms with E-state index in [4.69, 9.17) is 11.6 Å². The molecule has 1 fully saturated rings. The van der Waals surface area contributed by atoms with Crippen molar-refractivity contribution in [1.29, 1.82) is 0 Å². The van der Waals surface area contributed by atoms with Gasteiger partial charge in [-0.25, -0.2) is 0 Å². The second kappa shape index (κ2) is 6.73. The maximum Gasteiger partial charge on any atom is 0.281 e. The van der Waals surface area contributed by atoms with E-state index >= 15 is 0 Å². The van der Waals surface area contributed by atoms with Gasteiger partial charge in [0.15, 0.2) is 4.80 Å². The summed E-state index contributed by atoms with van der Waals surface area (Å²) in [7, 11) is 0. The lowest BCUT2D eigenvalue weighted by atomic mass is 9.93. The van der Waals surface area contributed by atoms with Crippen LogP contribution in [0.5, 0.6) is 0 Å². The van der Waals surface area contributed by atoms with E-state index < -0.39 is 0 Å². The first-order valence-electron chi connectivity index (χ1n) is 8.73. The van der Waals surface area contributed by atoms with E-state index in [1.54, 1.807) is 17.4 Å². The second-order valence-electron chi connectivity index (χ2n) is 7.95. The quantitative estimate of drug-likeness (QED) is 0.718. The van der Waals surface area contributed by atoms with Crippen molar-refractivity contribution in [2.75, 3.05) is 0 Å². The first-order valence-corrected chi connectivity index (χ1v) is 9.93. The standard InChI is InChI=1S/C20H25ClN2OS/c1-12-7-6-8-15(21)16(12)18(24)22-19-23(11-14-9-10-14)13(2)17(25-19)20(3,4)5/h6-8,14H,9-11H2,1-5H3. The zero-order valence-corrected chi connectivity index (χ0v) is 17.1. The van der Waals surface area contributed by atoms with Gasteiger partial charge in [-0.05, 0) is 49.7 Å². The molecule has 25 heavy (non-hydrogen) atoms. The Morgan fingerprint density at radius 2 is 2.00 bits per heavy atom. The summed E-state index contributed by atoms with van der Waals surface area (Å²) in [5.41, 5.74) is 2.63. The van der Waals surface area contributed by atoms with Crippen LogP contribution in [0, 0.1) is 19.8 Å². The maximum atomic E-state index is 12.8. The summed E-state index contributed by atoms with van der Waals surface area (Å²) >= 11 is 7.88. The molecule has 1 aliphatic carbocycles. The number of rotatable bonds is 3. The summed E-state index contributed by atoms with van der Waals surface area (Å²) in [5.74, 6) is 0.464. The van der Waals surface area contributed by atoms with Crippen LogP contribution in [0.1, 0.15) is 60.1 Å². The van der Waals surface area contributed by atoms with E-state index in [2.05, 4.69) is 37.3 Å². The molecule has 0 bridgehead atoms. The molecule has 0 N–H and O–H groups in total. The minimum atomic E-state index is -0.255. The Morgan fingerprint density at radius 1 is 1.32 bits per heavy atom. The van der Waals surface area contributed by atoms with Crippen molar-refractivity contribution >= 4 is 28.8 Å². The predicted octanol–water partition coefficient (Wildman–Crippen LogP) is 5.27. The summed E-state index contributed by atoms with van der Waals surface area (Å²) in [4.78, 5) is 19.4. The molecule has 0 aliphatic heterocycles. The van der Waals surface area contributed by atoms with Gasteiger partial charge in [-0.3, -0.25) is 4.79 Å². The van der Waals surface area contributed by atoms with Gasteiger partial charge in [-0.2, -0.15) is 4.99 Å². The van der Waals surface area contributed by atoms with Crippen LogP contribution in [0.2, 0.25) is 5.02 Å². The van der Waals surface area contributed by atoms with Gasteiger partial charge >= 0.3 is 0 Å². The lowest BCUT2D eigenvalue weighted by Crippen LogP contribution is -2.20. The Morgan fingerprint density at radius 3 is 2.56 bits per heavy atom. The molecule has 0 unspecified atom stereocenters. The smallest absolute Gasteiger partial charge is 0.281 e. The third kappa shape index (κ3) is 3.90. The van der Waals surface area contributed by atoms with E-state index in [9.17, 15) is 4.79 Å². The number of hydrogen-bond donors (Lipinski definition) is 0. The van der Waals surface area contributed by atoms with Crippen LogP contribution in [-0.2, 0) is 12.0 Å². The summed E-state index contributed by atoms with van der Waals surface area (Å²) in [6, 6.07) is 5.50. The molecule has 134 valence electrons. The Labute approximate surface area is 158 Å². The third-order valence-electron chi connectivity index (χ3n) is 4.61. The molecule has 1 heterocycles. The number of hydrogen-bond acceptors (Lipinski definition) is 2. The monoisotopic (exact) mass is 376 g/mol. The average Bonchev–Trinajstić information content (AvgIpc) is 3.25. The number of thiazole rings is 1. The molecule has 3 nitrogen and oxygen atoms in total. The summed E-state index contributed by atoms with van der Waals surface area (Å²) < 4.78 is 2.23. The van der Waals surface area contributed by atoms with Crippen molar-refractivity contribution in [1.82, 2.24) is 4.57 Å². The molecule has 1 saturated carbocycles. The Hall–Kier alpha value is -1.39. The molecular formula is C20H25ClN2OS. The molecule has 5 heteroatoms. The molecule has 1 aromatic carbocycles. The molecule has 1 aliphatic rings. The number of amides is 1. The van der Waals surface area contributed by atoms with Crippen LogP contribution < -0.4 is 4.80 Å². The van der Waals surface area contributed by atoms with Gasteiger partial charge in [-0.15, -0.1) is 11.3 Å². The minimum absolute atomic E-state index is 0.0389. The van der Waals surface area contributed by atoms with Crippen molar-refractivity contribution in [3.8, 4) is 0 Å². The van der Waals surface area contributed by atoms with E-state index in [0.717, 1.165) is 22.8 Å². The molecule has 0 radical (unpaired) electrons. The fourth-order valence-electron chi connectivity index (χ4n) is 3.08. The first-order chi connectivity index (χ1) is 11.7. The second-order valence-corrected chi connectivity index (χ2v) is 9.34. The minimum Gasteiger partial charge on any atom is -0.320 e.